The first-order valence-electron chi connectivity index (χ1n) is 11.4. The number of hydrogen-bond donors (Lipinski definition) is 3. The molecule has 10 heteroatoms. The molecule has 3 N–H and O–H groups in total. The molecule has 8 nitrogen and oxygen atoms in total. The van der Waals surface area contributed by atoms with Crippen LogP contribution in [0.4, 0.5) is 4.39 Å². The van der Waals surface area contributed by atoms with Crippen molar-refractivity contribution in [3.8, 4) is 0 Å². The summed E-state index contributed by atoms with van der Waals surface area (Å²) in [5.41, 5.74) is 0. The standard InChI is InChI=1S/C22H34FN3O5S/c23-17-4-7-19(8-5-17)32(29,30)24-12-10-18-6-9-20(21(16-27)31-18)25-22(28)11-15-26-13-2-1-3-14-26/h4-5,7-8,18,20-21,24,27H,1-3,6,9-16H2,(H,25,28)/t18-,20+,21-/m1/s1. The summed E-state index contributed by atoms with van der Waals surface area (Å²) in [6, 6.07) is 4.39. The summed E-state index contributed by atoms with van der Waals surface area (Å²) < 4.78 is 46.0. The predicted octanol–water partition coefficient (Wildman–Crippen LogP) is 1.39. The number of sulfonamides is 1. The minimum Gasteiger partial charge on any atom is -0.394 e. The second kappa shape index (κ2) is 12.0. The van der Waals surface area contributed by atoms with E-state index in [4.69, 9.17) is 4.74 Å². The second-order valence-corrected chi connectivity index (χ2v) is 10.3. The molecule has 0 unspecified atom stereocenters. The van der Waals surface area contributed by atoms with Crippen molar-refractivity contribution in [2.75, 3.05) is 32.8 Å². The lowest BCUT2D eigenvalue weighted by atomic mass is 9.97. The van der Waals surface area contributed by atoms with Crippen molar-refractivity contribution in [1.29, 1.82) is 0 Å². The van der Waals surface area contributed by atoms with Crippen LogP contribution in [0, 0.1) is 5.82 Å². The second-order valence-electron chi connectivity index (χ2n) is 8.52. The number of ether oxygens (including phenoxy) is 1. The van der Waals surface area contributed by atoms with Crippen LogP contribution in [0.1, 0.15) is 44.9 Å². The molecule has 3 rings (SSSR count). The van der Waals surface area contributed by atoms with E-state index in [1.165, 1.54) is 31.4 Å². The van der Waals surface area contributed by atoms with Gasteiger partial charge in [-0.1, -0.05) is 6.42 Å². The Kier molecular flexibility index (Phi) is 9.42. The number of nitrogens with one attached hydrogen (secondary N) is 2. The van der Waals surface area contributed by atoms with E-state index in [9.17, 15) is 22.7 Å². The highest BCUT2D eigenvalue weighted by atomic mass is 32.2. The molecule has 180 valence electrons. The number of likely N-dealkylation sites (tertiary alicyclic amines) is 1. The molecular formula is C22H34FN3O5S. The van der Waals surface area contributed by atoms with Gasteiger partial charge in [-0.15, -0.1) is 0 Å². The number of hydrogen-bond acceptors (Lipinski definition) is 6. The first-order valence-corrected chi connectivity index (χ1v) is 12.9. The molecule has 2 fully saturated rings. The Balaban J connectivity index is 1.39. The van der Waals surface area contributed by atoms with Gasteiger partial charge in [-0.3, -0.25) is 4.79 Å². The number of aliphatic hydroxyl groups excluding tert-OH is 1. The fraction of sp³-hybridized carbons (Fsp3) is 0.682. The van der Waals surface area contributed by atoms with Gasteiger partial charge in [-0.2, -0.15) is 0 Å². The van der Waals surface area contributed by atoms with Crippen molar-refractivity contribution in [1.82, 2.24) is 14.9 Å². The van der Waals surface area contributed by atoms with Gasteiger partial charge >= 0.3 is 0 Å². The summed E-state index contributed by atoms with van der Waals surface area (Å²) in [4.78, 5) is 14.7. The van der Waals surface area contributed by atoms with E-state index in [-0.39, 0.29) is 36.1 Å². The smallest absolute Gasteiger partial charge is 0.240 e. The molecule has 0 saturated carbocycles. The zero-order chi connectivity index (χ0) is 23.0. The van der Waals surface area contributed by atoms with Gasteiger partial charge in [-0.25, -0.2) is 17.5 Å². The van der Waals surface area contributed by atoms with Crippen molar-refractivity contribution >= 4 is 15.9 Å². The molecule has 3 atom stereocenters. The number of rotatable bonds is 10. The molecule has 32 heavy (non-hydrogen) atoms. The fourth-order valence-corrected chi connectivity index (χ4v) is 5.33. The molecule has 0 spiro atoms. The Morgan fingerprint density at radius 2 is 1.88 bits per heavy atom. The van der Waals surface area contributed by atoms with E-state index in [2.05, 4.69) is 14.9 Å². The number of carbonyl (C=O) groups excluding carboxylic acids is 1. The summed E-state index contributed by atoms with van der Waals surface area (Å²) in [6.07, 6.45) is 5.09. The number of nitrogens with zero attached hydrogens (tertiary/aromatic N) is 1. The zero-order valence-corrected chi connectivity index (χ0v) is 19.2. The molecule has 0 aromatic heterocycles. The maximum absolute atomic E-state index is 13.0. The van der Waals surface area contributed by atoms with E-state index in [0.29, 0.717) is 25.7 Å². The average Bonchev–Trinajstić information content (AvgIpc) is 2.79. The van der Waals surface area contributed by atoms with E-state index in [1.54, 1.807) is 0 Å². The summed E-state index contributed by atoms with van der Waals surface area (Å²) in [5.74, 6) is -0.532. The lowest BCUT2D eigenvalue weighted by Crippen LogP contribution is -2.51. The number of aliphatic hydroxyl groups is 1. The summed E-state index contributed by atoms with van der Waals surface area (Å²) in [7, 11) is -3.72. The van der Waals surface area contributed by atoms with E-state index >= 15 is 0 Å². The number of piperidine rings is 1. The molecule has 0 aliphatic carbocycles. The topological polar surface area (TPSA) is 108 Å². The van der Waals surface area contributed by atoms with Crippen molar-refractivity contribution in [2.45, 2.75) is 68.1 Å². The molecule has 2 aliphatic rings. The van der Waals surface area contributed by atoms with Gasteiger partial charge in [0.25, 0.3) is 0 Å². The molecule has 1 aromatic rings. The Morgan fingerprint density at radius 1 is 1.16 bits per heavy atom. The highest BCUT2D eigenvalue weighted by Crippen LogP contribution is 2.22. The Hall–Kier alpha value is -1.59. The van der Waals surface area contributed by atoms with Crippen LogP contribution in [0.25, 0.3) is 0 Å². The van der Waals surface area contributed by atoms with Crippen molar-refractivity contribution in [3.63, 3.8) is 0 Å². The van der Waals surface area contributed by atoms with Gasteiger partial charge in [0.15, 0.2) is 0 Å². The van der Waals surface area contributed by atoms with E-state index in [1.807, 2.05) is 0 Å². The third kappa shape index (κ3) is 7.48. The lowest BCUT2D eigenvalue weighted by Gasteiger charge is -2.36. The van der Waals surface area contributed by atoms with Gasteiger partial charge in [0.2, 0.25) is 15.9 Å². The highest BCUT2D eigenvalue weighted by molar-refractivity contribution is 7.89. The maximum Gasteiger partial charge on any atom is 0.240 e. The molecule has 2 heterocycles. The van der Waals surface area contributed by atoms with Gasteiger partial charge in [-0.05, 0) is 69.5 Å². The molecule has 1 amide bonds. The van der Waals surface area contributed by atoms with Gasteiger partial charge in [0.05, 0.1) is 23.6 Å². The van der Waals surface area contributed by atoms with Gasteiger partial charge < -0.3 is 20.1 Å². The number of benzene rings is 1. The maximum atomic E-state index is 13.0. The lowest BCUT2D eigenvalue weighted by molar-refractivity contribution is -0.128. The summed E-state index contributed by atoms with van der Waals surface area (Å²) in [5, 5.41) is 12.7. The minimum atomic E-state index is -3.72. The van der Waals surface area contributed by atoms with E-state index < -0.39 is 21.9 Å². The third-order valence-electron chi connectivity index (χ3n) is 6.13. The molecule has 1 aromatic carbocycles. The van der Waals surface area contributed by atoms with Crippen LogP contribution in [0.15, 0.2) is 29.2 Å². The van der Waals surface area contributed by atoms with Gasteiger partial charge in [0.1, 0.15) is 11.9 Å². The molecule has 0 radical (unpaired) electrons. The quantitative estimate of drug-likeness (QED) is 0.476. The summed E-state index contributed by atoms with van der Waals surface area (Å²) in [6.45, 7) is 2.79. The highest BCUT2D eigenvalue weighted by Gasteiger charge is 2.32. The first-order chi connectivity index (χ1) is 15.4. The Bertz CT molecular complexity index is 830. The van der Waals surface area contributed by atoms with Crippen LogP contribution in [0.5, 0.6) is 0 Å². The normalized spacial score (nSPS) is 24.9. The van der Waals surface area contributed by atoms with Crippen LogP contribution < -0.4 is 10.0 Å². The summed E-state index contributed by atoms with van der Waals surface area (Å²) >= 11 is 0. The Morgan fingerprint density at radius 3 is 2.56 bits per heavy atom. The minimum absolute atomic E-state index is 0.00373. The number of amides is 1. The van der Waals surface area contributed by atoms with Crippen molar-refractivity contribution in [3.05, 3.63) is 30.1 Å². The molecular weight excluding hydrogens is 437 g/mol. The number of halogens is 1. The Labute approximate surface area is 189 Å². The van der Waals surface area contributed by atoms with Crippen LogP contribution in [-0.4, -0.2) is 75.4 Å². The monoisotopic (exact) mass is 471 g/mol. The molecule has 0 bridgehead atoms. The fourth-order valence-electron chi connectivity index (χ4n) is 4.28. The van der Waals surface area contributed by atoms with Gasteiger partial charge in [0, 0.05) is 19.5 Å². The molecule has 2 aliphatic heterocycles. The van der Waals surface area contributed by atoms with Crippen LogP contribution in [0.3, 0.4) is 0 Å². The SMILES string of the molecule is O=C(CCN1CCCCC1)N[C@H]1CC[C@H](CCNS(=O)(=O)c2ccc(F)cc2)O[C@@H]1CO. The average molecular weight is 472 g/mol. The predicted molar refractivity (Wildman–Crippen MR) is 118 cm³/mol. The third-order valence-corrected chi connectivity index (χ3v) is 7.61. The first kappa shape index (κ1) is 25.0. The van der Waals surface area contributed by atoms with Crippen LogP contribution in [0.2, 0.25) is 0 Å². The zero-order valence-electron chi connectivity index (χ0n) is 18.3. The van der Waals surface area contributed by atoms with E-state index in [0.717, 1.165) is 31.8 Å². The van der Waals surface area contributed by atoms with Crippen molar-refractivity contribution in [2.24, 2.45) is 0 Å². The number of carbonyl (C=O) groups is 1. The van der Waals surface area contributed by atoms with Crippen LogP contribution >= 0.6 is 0 Å². The largest absolute Gasteiger partial charge is 0.394 e. The van der Waals surface area contributed by atoms with Crippen LogP contribution in [-0.2, 0) is 19.6 Å². The van der Waals surface area contributed by atoms with Crippen molar-refractivity contribution < 1.29 is 27.4 Å². The molecule has 2 saturated heterocycles.